The highest BCUT2D eigenvalue weighted by Gasteiger charge is 2.06. The lowest BCUT2D eigenvalue weighted by molar-refractivity contribution is -0.384. The fourth-order valence-electron chi connectivity index (χ4n) is 1.85. The van der Waals surface area contributed by atoms with Crippen molar-refractivity contribution in [3.63, 3.8) is 0 Å². The van der Waals surface area contributed by atoms with Gasteiger partial charge in [0.25, 0.3) is 11.6 Å². The van der Waals surface area contributed by atoms with Gasteiger partial charge in [-0.1, -0.05) is 29.8 Å². The lowest BCUT2D eigenvalue weighted by Crippen LogP contribution is -2.25. The smallest absolute Gasteiger partial charge is 0.277 e. The third kappa shape index (κ3) is 4.91. The maximum atomic E-state index is 11.7. The number of nitro benzene ring substituents is 1. The predicted molar refractivity (Wildman–Crippen MR) is 90.1 cm³/mol. The molecule has 2 aromatic carbocycles. The molecular formula is C17H17N3O4. The summed E-state index contributed by atoms with van der Waals surface area (Å²) in [5.41, 5.74) is 5.11. The molecule has 0 aliphatic rings. The number of amides is 1. The fourth-order valence-corrected chi connectivity index (χ4v) is 1.85. The summed E-state index contributed by atoms with van der Waals surface area (Å²) in [5.74, 6) is -0.0465. The van der Waals surface area contributed by atoms with Crippen LogP contribution in [0.2, 0.25) is 0 Å². The molecule has 1 amide bonds. The minimum atomic E-state index is -0.501. The third-order valence-electron chi connectivity index (χ3n) is 3.24. The van der Waals surface area contributed by atoms with Crippen molar-refractivity contribution in [2.24, 2.45) is 5.10 Å². The van der Waals surface area contributed by atoms with Gasteiger partial charge < -0.3 is 4.74 Å². The third-order valence-corrected chi connectivity index (χ3v) is 3.24. The number of aryl methyl sites for hydroxylation is 1. The van der Waals surface area contributed by atoms with E-state index in [9.17, 15) is 14.9 Å². The first kappa shape index (κ1) is 17.1. The molecule has 2 aromatic rings. The maximum Gasteiger partial charge on any atom is 0.277 e. The number of rotatable bonds is 6. The SMILES string of the molecule is C/C(=N\NC(=O)COc1ccc([N+](=O)[O-])cc1)c1ccc(C)cc1. The van der Waals surface area contributed by atoms with E-state index >= 15 is 0 Å². The van der Waals surface area contributed by atoms with E-state index < -0.39 is 10.8 Å². The molecule has 0 aliphatic heterocycles. The van der Waals surface area contributed by atoms with Gasteiger partial charge in [0.1, 0.15) is 5.75 Å². The van der Waals surface area contributed by atoms with Gasteiger partial charge in [0.15, 0.2) is 6.61 Å². The van der Waals surface area contributed by atoms with Crippen LogP contribution in [0, 0.1) is 17.0 Å². The van der Waals surface area contributed by atoms with Crippen LogP contribution >= 0.6 is 0 Å². The van der Waals surface area contributed by atoms with Gasteiger partial charge >= 0.3 is 0 Å². The highest BCUT2D eigenvalue weighted by atomic mass is 16.6. The van der Waals surface area contributed by atoms with E-state index in [4.69, 9.17) is 4.74 Å². The molecule has 0 saturated carbocycles. The van der Waals surface area contributed by atoms with Crippen molar-refractivity contribution in [3.8, 4) is 5.75 Å². The topological polar surface area (TPSA) is 93.8 Å². The van der Waals surface area contributed by atoms with Gasteiger partial charge in [0.2, 0.25) is 0 Å². The number of nitrogens with zero attached hydrogens (tertiary/aromatic N) is 2. The average molecular weight is 327 g/mol. The van der Waals surface area contributed by atoms with Gasteiger partial charge in [0.05, 0.1) is 10.6 Å². The molecule has 124 valence electrons. The molecule has 0 unspecified atom stereocenters. The van der Waals surface area contributed by atoms with E-state index in [1.807, 2.05) is 31.2 Å². The van der Waals surface area contributed by atoms with Gasteiger partial charge in [-0.25, -0.2) is 5.43 Å². The van der Waals surface area contributed by atoms with Crippen LogP contribution in [0.5, 0.6) is 5.75 Å². The molecule has 0 saturated heterocycles. The minimum absolute atomic E-state index is 0.0369. The lowest BCUT2D eigenvalue weighted by Gasteiger charge is -2.06. The summed E-state index contributed by atoms with van der Waals surface area (Å²) in [6.07, 6.45) is 0. The molecule has 0 radical (unpaired) electrons. The second kappa shape index (κ2) is 7.87. The van der Waals surface area contributed by atoms with Crippen LogP contribution in [0.1, 0.15) is 18.1 Å². The summed E-state index contributed by atoms with van der Waals surface area (Å²) in [6, 6.07) is 13.3. The van der Waals surface area contributed by atoms with E-state index in [1.165, 1.54) is 24.3 Å². The van der Waals surface area contributed by atoms with Crippen molar-refractivity contribution in [2.75, 3.05) is 6.61 Å². The number of carbonyl (C=O) groups excluding carboxylic acids is 1. The molecule has 0 aromatic heterocycles. The van der Waals surface area contributed by atoms with E-state index in [2.05, 4.69) is 10.5 Å². The number of carbonyl (C=O) groups is 1. The van der Waals surface area contributed by atoms with Crippen LogP contribution in [-0.2, 0) is 4.79 Å². The Bertz CT molecular complexity index is 752. The summed E-state index contributed by atoms with van der Waals surface area (Å²) in [7, 11) is 0. The maximum absolute atomic E-state index is 11.7. The predicted octanol–water partition coefficient (Wildman–Crippen LogP) is 2.82. The highest BCUT2D eigenvalue weighted by molar-refractivity contribution is 5.99. The molecule has 0 aliphatic carbocycles. The first-order chi connectivity index (χ1) is 11.5. The van der Waals surface area contributed by atoms with Gasteiger partial charge in [-0.15, -0.1) is 0 Å². The number of hydrazone groups is 1. The monoisotopic (exact) mass is 327 g/mol. The van der Waals surface area contributed by atoms with Gasteiger partial charge in [-0.2, -0.15) is 5.10 Å². The van der Waals surface area contributed by atoms with Gasteiger partial charge in [0, 0.05) is 12.1 Å². The first-order valence-corrected chi connectivity index (χ1v) is 7.23. The van der Waals surface area contributed by atoms with Crippen LogP contribution in [0.3, 0.4) is 0 Å². The molecule has 0 fully saturated rings. The Morgan fingerprint density at radius 1 is 1.17 bits per heavy atom. The minimum Gasteiger partial charge on any atom is -0.484 e. The van der Waals surface area contributed by atoms with Crippen molar-refractivity contribution in [1.82, 2.24) is 5.43 Å². The average Bonchev–Trinajstić information content (AvgIpc) is 2.58. The summed E-state index contributed by atoms with van der Waals surface area (Å²) < 4.78 is 5.25. The zero-order valence-corrected chi connectivity index (χ0v) is 13.4. The second-order valence-corrected chi connectivity index (χ2v) is 5.14. The van der Waals surface area contributed by atoms with Crippen molar-refractivity contribution >= 4 is 17.3 Å². The van der Waals surface area contributed by atoms with Crippen molar-refractivity contribution in [1.29, 1.82) is 0 Å². The second-order valence-electron chi connectivity index (χ2n) is 5.14. The number of nitro groups is 1. The van der Waals surface area contributed by atoms with Gasteiger partial charge in [-0.05, 0) is 31.5 Å². The van der Waals surface area contributed by atoms with Crippen molar-refractivity contribution < 1.29 is 14.5 Å². The Labute approximate surface area is 139 Å². The molecule has 7 heteroatoms. The number of hydrogen-bond acceptors (Lipinski definition) is 5. The summed E-state index contributed by atoms with van der Waals surface area (Å²) in [5, 5.41) is 14.6. The molecule has 0 bridgehead atoms. The molecule has 2 rings (SSSR count). The summed E-state index contributed by atoms with van der Waals surface area (Å²) in [4.78, 5) is 21.8. The fraction of sp³-hybridized carbons (Fsp3) is 0.176. The lowest BCUT2D eigenvalue weighted by atomic mass is 10.1. The van der Waals surface area contributed by atoms with Crippen molar-refractivity contribution in [2.45, 2.75) is 13.8 Å². The number of benzene rings is 2. The Balaban J connectivity index is 1.85. The largest absolute Gasteiger partial charge is 0.484 e. The summed E-state index contributed by atoms with van der Waals surface area (Å²) >= 11 is 0. The van der Waals surface area contributed by atoms with Gasteiger partial charge in [-0.3, -0.25) is 14.9 Å². The number of non-ortho nitro benzene ring substituents is 1. The quantitative estimate of drug-likeness (QED) is 0.501. The number of nitrogens with one attached hydrogen (secondary N) is 1. The Kier molecular flexibility index (Phi) is 5.62. The van der Waals surface area contributed by atoms with E-state index in [-0.39, 0.29) is 12.3 Å². The number of ether oxygens (including phenoxy) is 1. The zero-order valence-electron chi connectivity index (χ0n) is 13.4. The normalized spacial score (nSPS) is 11.0. The highest BCUT2D eigenvalue weighted by Crippen LogP contribution is 2.17. The van der Waals surface area contributed by atoms with E-state index in [0.29, 0.717) is 11.5 Å². The van der Waals surface area contributed by atoms with Crippen LogP contribution in [0.15, 0.2) is 53.6 Å². The van der Waals surface area contributed by atoms with Crippen LogP contribution < -0.4 is 10.2 Å². The van der Waals surface area contributed by atoms with Crippen LogP contribution in [-0.4, -0.2) is 23.1 Å². The molecule has 0 atom stereocenters. The standard InChI is InChI=1S/C17H17N3O4/c1-12-3-5-14(6-4-12)13(2)18-19-17(21)11-24-16-9-7-15(8-10-16)20(22)23/h3-10H,11H2,1-2H3,(H,19,21)/b18-13+. The Morgan fingerprint density at radius 3 is 2.38 bits per heavy atom. The first-order valence-electron chi connectivity index (χ1n) is 7.23. The summed E-state index contributed by atoms with van der Waals surface area (Å²) in [6.45, 7) is 3.55. The molecule has 0 heterocycles. The zero-order chi connectivity index (χ0) is 17.5. The van der Waals surface area contributed by atoms with Crippen LogP contribution in [0.4, 0.5) is 5.69 Å². The molecular weight excluding hydrogens is 310 g/mol. The van der Waals surface area contributed by atoms with E-state index in [1.54, 1.807) is 6.92 Å². The molecule has 24 heavy (non-hydrogen) atoms. The Hall–Kier alpha value is -3.22. The number of hydrogen-bond donors (Lipinski definition) is 1. The van der Waals surface area contributed by atoms with E-state index in [0.717, 1.165) is 11.1 Å². The molecule has 7 nitrogen and oxygen atoms in total. The Morgan fingerprint density at radius 2 is 1.79 bits per heavy atom. The van der Waals surface area contributed by atoms with Crippen molar-refractivity contribution in [3.05, 3.63) is 69.8 Å². The van der Waals surface area contributed by atoms with Crippen LogP contribution in [0.25, 0.3) is 0 Å². The molecule has 0 spiro atoms. The molecule has 1 N–H and O–H groups in total.